The number of unbranched alkanes of at least 4 members (excludes halogenated alkanes) is 2. The Labute approximate surface area is 294 Å². The molecule has 6 unspecified atom stereocenters. The molecule has 2 saturated carbocycles. The largest absolute Gasteiger partial charge is 0.460 e. The van der Waals surface area contributed by atoms with E-state index in [0.29, 0.717) is 35.3 Å². The first-order valence-electron chi connectivity index (χ1n) is 18.0. The van der Waals surface area contributed by atoms with E-state index in [1.54, 1.807) is 19.2 Å². The second-order valence-corrected chi connectivity index (χ2v) is 15.3. The number of carbonyl (C=O) groups excluding carboxylic acids is 1. The van der Waals surface area contributed by atoms with Crippen molar-refractivity contribution in [1.29, 1.82) is 0 Å². The molecule has 9 heteroatoms. The van der Waals surface area contributed by atoms with Gasteiger partial charge in [0.1, 0.15) is 30.6 Å². The van der Waals surface area contributed by atoms with Crippen molar-refractivity contribution >= 4 is 23.8 Å². The lowest BCUT2D eigenvalue weighted by Gasteiger charge is -2.58. The van der Waals surface area contributed by atoms with Crippen molar-refractivity contribution in [3.63, 3.8) is 0 Å². The number of aliphatic hydroxyl groups is 2. The van der Waals surface area contributed by atoms with E-state index >= 15 is 0 Å². The Hall–Kier alpha value is -3.11. The number of thioether (sulfide) groups is 1. The van der Waals surface area contributed by atoms with Gasteiger partial charge in [0.05, 0.1) is 23.5 Å². The zero-order valence-electron chi connectivity index (χ0n) is 28.6. The van der Waals surface area contributed by atoms with Crippen LogP contribution in [0.1, 0.15) is 92.5 Å². The van der Waals surface area contributed by atoms with Crippen molar-refractivity contribution < 1.29 is 34.1 Å². The summed E-state index contributed by atoms with van der Waals surface area (Å²) in [5, 5.41) is 24.7. The maximum Gasteiger partial charge on any atom is 0.230 e. The second kappa shape index (κ2) is 16.7. The maximum absolute atomic E-state index is 11.5. The number of aldehydes is 1. The Morgan fingerprint density at radius 1 is 1.04 bits per heavy atom. The van der Waals surface area contributed by atoms with E-state index in [1.807, 2.05) is 42.1 Å². The van der Waals surface area contributed by atoms with Gasteiger partial charge in [-0.15, -0.1) is 18.3 Å². The molecule has 6 rings (SSSR count). The topological polar surface area (TPSA) is 107 Å². The summed E-state index contributed by atoms with van der Waals surface area (Å²) in [4.78, 5) is 17.0. The summed E-state index contributed by atoms with van der Waals surface area (Å²) in [6.45, 7) is 4.71. The summed E-state index contributed by atoms with van der Waals surface area (Å²) in [6.07, 6.45) is 15.7. The van der Waals surface area contributed by atoms with Crippen LogP contribution in [0.5, 0.6) is 17.2 Å². The molecule has 0 amide bonds. The third-order valence-electron chi connectivity index (χ3n) is 10.7. The van der Waals surface area contributed by atoms with Crippen molar-refractivity contribution in [2.24, 2.45) is 22.9 Å². The van der Waals surface area contributed by atoms with E-state index in [2.05, 4.69) is 23.9 Å². The Morgan fingerprint density at radius 2 is 1.82 bits per heavy atom. The van der Waals surface area contributed by atoms with Gasteiger partial charge in [0.2, 0.25) is 5.79 Å². The summed E-state index contributed by atoms with van der Waals surface area (Å²) in [6, 6.07) is 13.2. The first-order chi connectivity index (χ1) is 24.0. The minimum Gasteiger partial charge on any atom is -0.460 e. The van der Waals surface area contributed by atoms with E-state index in [1.165, 1.54) is 25.7 Å². The maximum atomic E-state index is 11.5. The summed E-state index contributed by atoms with van der Waals surface area (Å²) >= 11 is 1.99. The predicted molar refractivity (Wildman–Crippen MR) is 194 cm³/mol. The molecule has 2 aromatic rings. The number of ether oxygens (including phenoxy) is 3. The SMILES string of the molecule is C=CCOC12Oc3ccc(Oc4cccc(C=O)c4)cc3C3C(CCCCO)C(CCCCO)C=C(C(=NOC)CC1SC1CCCC1)C32. The monoisotopic (exact) mass is 689 g/mol. The van der Waals surface area contributed by atoms with Crippen molar-refractivity contribution in [2.75, 3.05) is 26.9 Å². The molecule has 0 aromatic heterocycles. The van der Waals surface area contributed by atoms with Crippen molar-refractivity contribution in [2.45, 2.75) is 92.8 Å². The summed E-state index contributed by atoms with van der Waals surface area (Å²) < 4.78 is 20.6. The summed E-state index contributed by atoms with van der Waals surface area (Å²) in [5.74, 6) is 1.39. The van der Waals surface area contributed by atoms with Crippen LogP contribution in [0.3, 0.4) is 0 Å². The summed E-state index contributed by atoms with van der Waals surface area (Å²) in [7, 11) is 1.62. The van der Waals surface area contributed by atoms with Crippen LogP contribution >= 0.6 is 11.8 Å². The standard InChI is InChI=1S/C40H51NO7S/c1-3-21-46-40-37(49-31-14-4-5-15-31)25-35(41-45-2)33-23-28(12-6-8-19-42)32(16-7-9-20-43)38(39(33)40)34-24-30(17-18-36(34)48-40)47-29-13-10-11-27(22-29)26-44/h3,10-11,13,17-18,22-24,26,28,31-32,37-39,42-43H,1,4-9,12,14-16,19-21,25H2,2H3. The molecule has 4 aliphatic rings. The molecule has 1 aliphatic heterocycles. The zero-order chi connectivity index (χ0) is 34.2. The molecule has 2 fully saturated rings. The van der Waals surface area contributed by atoms with Crippen LogP contribution in [0.2, 0.25) is 0 Å². The highest BCUT2D eigenvalue weighted by atomic mass is 32.2. The van der Waals surface area contributed by atoms with Crippen molar-refractivity contribution in [1.82, 2.24) is 0 Å². The fourth-order valence-corrected chi connectivity index (χ4v) is 10.4. The van der Waals surface area contributed by atoms with E-state index in [0.717, 1.165) is 67.4 Å². The van der Waals surface area contributed by atoms with Crippen molar-refractivity contribution in [3.05, 3.63) is 77.9 Å². The summed E-state index contributed by atoms with van der Waals surface area (Å²) in [5.41, 5.74) is 3.71. The molecule has 6 atom stereocenters. The molecule has 8 nitrogen and oxygen atoms in total. The quantitative estimate of drug-likeness (QED) is 0.0741. The minimum absolute atomic E-state index is 0.00489. The zero-order valence-corrected chi connectivity index (χ0v) is 29.5. The molecule has 2 N–H and O–H groups in total. The van der Waals surface area contributed by atoms with Gasteiger partial charge in [-0.2, -0.15) is 0 Å². The Balaban J connectivity index is 1.52. The normalized spacial score (nSPS) is 28.3. The van der Waals surface area contributed by atoms with E-state index < -0.39 is 5.79 Å². The van der Waals surface area contributed by atoms with Crippen LogP contribution in [0.25, 0.3) is 0 Å². The lowest BCUT2D eigenvalue weighted by Crippen LogP contribution is -2.64. The lowest BCUT2D eigenvalue weighted by atomic mass is 9.56. The fourth-order valence-electron chi connectivity index (χ4n) is 8.66. The van der Waals surface area contributed by atoms with Gasteiger partial charge in [-0.25, -0.2) is 0 Å². The highest BCUT2D eigenvalue weighted by Crippen LogP contribution is 2.63. The molecule has 0 saturated heterocycles. The number of hydrogen-bond donors (Lipinski definition) is 2. The third kappa shape index (κ3) is 7.65. The number of rotatable bonds is 17. The number of carbonyl (C=O) groups is 1. The van der Waals surface area contributed by atoms with Gasteiger partial charge in [-0.3, -0.25) is 4.79 Å². The average Bonchev–Trinajstić information content (AvgIpc) is 3.63. The van der Waals surface area contributed by atoms with Gasteiger partial charge < -0.3 is 29.3 Å². The minimum atomic E-state index is -0.955. The Kier molecular flexibility index (Phi) is 12.2. The fraction of sp³-hybridized carbons (Fsp3) is 0.550. The molecule has 0 spiro atoms. The molecule has 264 valence electrons. The average molecular weight is 690 g/mol. The lowest BCUT2D eigenvalue weighted by molar-refractivity contribution is -0.223. The molecule has 2 aromatic carbocycles. The molecule has 0 radical (unpaired) electrons. The van der Waals surface area contributed by atoms with E-state index in [9.17, 15) is 15.0 Å². The van der Waals surface area contributed by atoms with Crippen LogP contribution in [0.15, 0.2) is 71.9 Å². The van der Waals surface area contributed by atoms with E-state index in [-0.39, 0.29) is 42.1 Å². The second-order valence-electron chi connectivity index (χ2n) is 13.8. The van der Waals surface area contributed by atoms with Gasteiger partial charge in [-0.05, 0) is 86.3 Å². The van der Waals surface area contributed by atoms with Crippen molar-refractivity contribution in [3.8, 4) is 17.2 Å². The number of hydrogen-bond acceptors (Lipinski definition) is 9. The number of nitrogens with zero attached hydrogens (tertiary/aromatic N) is 1. The Bertz CT molecular complexity index is 1500. The number of aliphatic hydroxyl groups excluding tert-OH is 2. The van der Waals surface area contributed by atoms with Gasteiger partial charge in [-0.1, -0.05) is 55.1 Å². The highest BCUT2D eigenvalue weighted by Gasteiger charge is 2.64. The van der Waals surface area contributed by atoms with Gasteiger partial charge in [0.25, 0.3) is 0 Å². The smallest absolute Gasteiger partial charge is 0.230 e. The molecule has 0 bridgehead atoms. The molecular weight excluding hydrogens is 639 g/mol. The van der Waals surface area contributed by atoms with E-state index in [4.69, 9.17) is 19.0 Å². The molecular formula is C40H51NO7S. The molecule has 49 heavy (non-hydrogen) atoms. The number of benzene rings is 2. The van der Waals surface area contributed by atoms with Gasteiger partial charge in [0, 0.05) is 41.9 Å². The third-order valence-corrected chi connectivity index (χ3v) is 12.4. The van der Waals surface area contributed by atoms with Crippen LogP contribution in [0, 0.1) is 17.8 Å². The first kappa shape index (κ1) is 35.7. The van der Waals surface area contributed by atoms with Crippen LogP contribution < -0.4 is 9.47 Å². The van der Waals surface area contributed by atoms with Gasteiger partial charge in [0.15, 0.2) is 0 Å². The molecule has 1 heterocycles. The number of fused-ring (bicyclic) bond motifs is 2. The highest BCUT2D eigenvalue weighted by molar-refractivity contribution is 8.00. The number of allylic oxidation sites excluding steroid dienone is 1. The number of oxime groups is 1. The van der Waals surface area contributed by atoms with Crippen LogP contribution in [-0.2, 0) is 9.57 Å². The Morgan fingerprint density at radius 3 is 2.55 bits per heavy atom. The van der Waals surface area contributed by atoms with Gasteiger partial charge >= 0.3 is 0 Å². The van der Waals surface area contributed by atoms with Crippen LogP contribution in [0.4, 0.5) is 0 Å². The first-order valence-corrected chi connectivity index (χ1v) is 19.0. The predicted octanol–water partition coefficient (Wildman–Crippen LogP) is 8.23. The van der Waals surface area contributed by atoms with Crippen LogP contribution in [-0.4, -0.2) is 65.4 Å². The molecule has 3 aliphatic carbocycles.